The molecule has 0 fully saturated rings. The van der Waals surface area contributed by atoms with Crippen LogP contribution >= 0.6 is 0 Å². The van der Waals surface area contributed by atoms with Gasteiger partial charge in [0.05, 0.1) is 32.8 Å². The second-order valence-corrected chi connectivity index (χ2v) is 6.76. The molecule has 0 unspecified atom stereocenters. The van der Waals surface area contributed by atoms with Crippen LogP contribution in [0.25, 0.3) is 10.4 Å². The number of rotatable bonds is 13. The maximum Gasteiger partial charge on any atom is 0.308 e. The van der Waals surface area contributed by atoms with E-state index in [1.54, 1.807) is 0 Å². The van der Waals surface area contributed by atoms with Gasteiger partial charge in [0.15, 0.2) is 0 Å². The Morgan fingerprint density at radius 3 is 2.63 bits per heavy atom. The van der Waals surface area contributed by atoms with Crippen LogP contribution in [0.15, 0.2) is 29.4 Å². The molecular formula is C19H29N3O5. The summed E-state index contributed by atoms with van der Waals surface area (Å²) in [4.78, 5) is 14.2. The Balaban J connectivity index is 2.17. The number of carbonyl (C=O) groups excluding carboxylic acids is 1. The van der Waals surface area contributed by atoms with Gasteiger partial charge >= 0.3 is 5.97 Å². The van der Waals surface area contributed by atoms with Crippen molar-refractivity contribution in [2.45, 2.75) is 39.2 Å². The molecule has 0 saturated heterocycles. The van der Waals surface area contributed by atoms with Crippen molar-refractivity contribution in [3.05, 3.63) is 40.3 Å². The third kappa shape index (κ3) is 12.7. The maximum atomic E-state index is 11.6. The minimum Gasteiger partial charge on any atom is -0.491 e. The third-order valence-corrected chi connectivity index (χ3v) is 3.20. The standard InChI is InChI=1S/C19H29N3O5/c1-19(2,3)27-18(23)8-11-24-10-7-16-5-4-6-17(15-16)26-14-13-25-12-9-21-22-20/h4-6,15H,7-14H2,1-3H3. The number of nitrogens with zero attached hydrogens (tertiary/aromatic N) is 3. The Kier molecular flexibility index (Phi) is 10.9. The summed E-state index contributed by atoms with van der Waals surface area (Å²) in [5, 5.41) is 3.38. The zero-order valence-corrected chi connectivity index (χ0v) is 16.3. The average molecular weight is 379 g/mol. The first-order valence-electron chi connectivity index (χ1n) is 9.00. The van der Waals surface area contributed by atoms with Gasteiger partial charge in [-0.15, -0.1) is 0 Å². The summed E-state index contributed by atoms with van der Waals surface area (Å²) in [5.41, 5.74) is 8.78. The molecule has 27 heavy (non-hydrogen) atoms. The number of esters is 1. The van der Waals surface area contributed by atoms with E-state index in [1.807, 2.05) is 45.0 Å². The number of carbonyl (C=O) groups is 1. The summed E-state index contributed by atoms with van der Waals surface area (Å²) >= 11 is 0. The van der Waals surface area contributed by atoms with E-state index in [0.717, 1.165) is 17.7 Å². The van der Waals surface area contributed by atoms with Crippen molar-refractivity contribution < 1.29 is 23.7 Å². The van der Waals surface area contributed by atoms with Crippen molar-refractivity contribution in [3.63, 3.8) is 0 Å². The molecule has 0 N–H and O–H groups in total. The molecule has 1 rings (SSSR count). The van der Waals surface area contributed by atoms with E-state index < -0.39 is 5.60 Å². The first-order chi connectivity index (χ1) is 12.9. The molecule has 0 aromatic heterocycles. The van der Waals surface area contributed by atoms with Gasteiger partial charge in [0.25, 0.3) is 0 Å². The summed E-state index contributed by atoms with van der Waals surface area (Å²) in [5.74, 6) is 0.513. The predicted molar refractivity (Wildman–Crippen MR) is 102 cm³/mol. The smallest absolute Gasteiger partial charge is 0.308 e. The molecule has 0 aliphatic rings. The summed E-state index contributed by atoms with van der Waals surface area (Å²) in [7, 11) is 0. The highest BCUT2D eigenvalue weighted by Crippen LogP contribution is 2.14. The summed E-state index contributed by atoms with van der Waals surface area (Å²) < 4.78 is 21.6. The highest BCUT2D eigenvalue weighted by molar-refractivity contribution is 5.69. The van der Waals surface area contributed by atoms with E-state index in [-0.39, 0.29) is 12.4 Å². The second kappa shape index (κ2) is 13.0. The number of azide groups is 1. The highest BCUT2D eigenvalue weighted by atomic mass is 16.6. The first-order valence-corrected chi connectivity index (χ1v) is 9.00. The van der Waals surface area contributed by atoms with E-state index in [0.29, 0.717) is 39.6 Å². The molecule has 1 aromatic carbocycles. The lowest BCUT2D eigenvalue weighted by atomic mass is 10.1. The Labute approximate surface area is 160 Å². The number of benzene rings is 1. The summed E-state index contributed by atoms with van der Waals surface area (Å²) in [6.45, 7) is 7.95. The van der Waals surface area contributed by atoms with Crippen molar-refractivity contribution >= 4 is 5.97 Å². The largest absolute Gasteiger partial charge is 0.491 e. The lowest BCUT2D eigenvalue weighted by molar-refractivity contribution is -0.156. The van der Waals surface area contributed by atoms with Crippen LogP contribution in [0.4, 0.5) is 0 Å². The van der Waals surface area contributed by atoms with Gasteiger partial charge in [-0.2, -0.15) is 0 Å². The quantitative estimate of drug-likeness (QED) is 0.171. The molecule has 0 aliphatic carbocycles. The van der Waals surface area contributed by atoms with Crippen molar-refractivity contribution in [1.29, 1.82) is 0 Å². The van der Waals surface area contributed by atoms with Crippen LogP contribution in [0, 0.1) is 0 Å². The fourth-order valence-electron chi connectivity index (χ4n) is 2.10. The van der Waals surface area contributed by atoms with E-state index in [9.17, 15) is 4.79 Å². The van der Waals surface area contributed by atoms with Gasteiger partial charge < -0.3 is 18.9 Å². The summed E-state index contributed by atoms with van der Waals surface area (Å²) in [6, 6.07) is 7.76. The molecule has 0 amide bonds. The average Bonchev–Trinajstić information content (AvgIpc) is 2.59. The Morgan fingerprint density at radius 1 is 1.11 bits per heavy atom. The maximum absolute atomic E-state index is 11.6. The number of hydrogen-bond donors (Lipinski definition) is 0. The highest BCUT2D eigenvalue weighted by Gasteiger charge is 2.15. The van der Waals surface area contributed by atoms with Crippen molar-refractivity contribution in [2.24, 2.45) is 5.11 Å². The predicted octanol–water partition coefficient (Wildman–Crippen LogP) is 3.68. The van der Waals surface area contributed by atoms with E-state index in [2.05, 4.69) is 10.0 Å². The van der Waals surface area contributed by atoms with Crippen LogP contribution < -0.4 is 4.74 Å². The van der Waals surface area contributed by atoms with Crippen LogP contribution in [0.2, 0.25) is 0 Å². The zero-order valence-electron chi connectivity index (χ0n) is 16.3. The topological polar surface area (TPSA) is 103 Å². The first kappa shape index (κ1) is 22.8. The van der Waals surface area contributed by atoms with Crippen molar-refractivity contribution in [2.75, 3.05) is 39.6 Å². The number of hydrogen-bond acceptors (Lipinski definition) is 6. The van der Waals surface area contributed by atoms with E-state index in [1.165, 1.54) is 0 Å². The van der Waals surface area contributed by atoms with Crippen LogP contribution in [0.5, 0.6) is 5.75 Å². The van der Waals surface area contributed by atoms with Gasteiger partial charge in [-0.3, -0.25) is 4.79 Å². The Morgan fingerprint density at radius 2 is 1.89 bits per heavy atom. The van der Waals surface area contributed by atoms with Gasteiger partial charge in [0, 0.05) is 11.5 Å². The zero-order chi connectivity index (χ0) is 20.0. The molecule has 0 bridgehead atoms. The molecule has 1 aromatic rings. The van der Waals surface area contributed by atoms with Crippen molar-refractivity contribution in [1.82, 2.24) is 0 Å². The van der Waals surface area contributed by atoms with Gasteiger partial charge in [-0.1, -0.05) is 17.2 Å². The van der Waals surface area contributed by atoms with Crippen LogP contribution in [0.3, 0.4) is 0 Å². The molecular weight excluding hydrogens is 350 g/mol. The van der Waals surface area contributed by atoms with Gasteiger partial charge in [0.2, 0.25) is 0 Å². The van der Waals surface area contributed by atoms with E-state index >= 15 is 0 Å². The van der Waals surface area contributed by atoms with Crippen molar-refractivity contribution in [3.8, 4) is 5.75 Å². The van der Waals surface area contributed by atoms with Crippen LogP contribution in [-0.4, -0.2) is 51.1 Å². The monoisotopic (exact) mass is 379 g/mol. The normalized spacial score (nSPS) is 10.9. The minimum absolute atomic E-state index is 0.250. The molecule has 0 aliphatic heterocycles. The molecule has 0 radical (unpaired) electrons. The Bertz CT molecular complexity index is 610. The van der Waals surface area contributed by atoms with Crippen LogP contribution in [-0.2, 0) is 25.4 Å². The minimum atomic E-state index is -0.465. The third-order valence-electron chi connectivity index (χ3n) is 3.20. The SMILES string of the molecule is CC(C)(C)OC(=O)CCOCCc1cccc(OCCOCCN=[N+]=[N-])c1. The molecule has 0 atom stereocenters. The molecule has 8 nitrogen and oxygen atoms in total. The second-order valence-electron chi connectivity index (χ2n) is 6.76. The number of ether oxygens (including phenoxy) is 4. The lowest BCUT2D eigenvalue weighted by Gasteiger charge is -2.19. The van der Waals surface area contributed by atoms with Gasteiger partial charge in [-0.05, 0) is 50.4 Å². The molecule has 150 valence electrons. The lowest BCUT2D eigenvalue weighted by Crippen LogP contribution is -2.24. The van der Waals surface area contributed by atoms with Gasteiger partial charge in [0.1, 0.15) is 18.0 Å². The molecule has 8 heteroatoms. The van der Waals surface area contributed by atoms with Gasteiger partial charge in [-0.25, -0.2) is 0 Å². The fourth-order valence-corrected chi connectivity index (χ4v) is 2.10. The summed E-state index contributed by atoms with van der Waals surface area (Å²) in [6.07, 6.45) is 0.980. The fraction of sp³-hybridized carbons (Fsp3) is 0.632. The molecule has 0 spiro atoms. The molecule has 0 saturated carbocycles. The van der Waals surface area contributed by atoms with E-state index in [4.69, 9.17) is 24.5 Å². The molecule has 0 heterocycles. The Hall–Kier alpha value is -2.28. The van der Waals surface area contributed by atoms with Crippen LogP contribution in [0.1, 0.15) is 32.8 Å².